The van der Waals surface area contributed by atoms with E-state index in [1.807, 2.05) is 0 Å². The van der Waals surface area contributed by atoms with Crippen molar-refractivity contribution in [3.8, 4) is 0 Å². The summed E-state index contributed by atoms with van der Waals surface area (Å²) >= 11 is 0. The molecule has 108 valence electrons. The molecule has 2 heterocycles. The minimum atomic E-state index is -0.0572. The molecule has 5 atom stereocenters. The third-order valence-electron chi connectivity index (χ3n) is 6.11. The number of ether oxygens (including phenoxy) is 2. The number of benzene rings is 1. The maximum absolute atomic E-state index is 6.44. The molecule has 20 heavy (non-hydrogen) atoms. The summed E-state index contributed by atoms with van der Waals surface area (Å²) in [6.07, 6.45) is 5.68. The molecule has 2 aliphatic carbocycles. The van der Waals surface area contributed by atoms with E-state index in [0.717, 1.165) is 5.92 Å². The van der Waals surface area contributed by atoms with Gasteiger partial charge in [-0.25, -0.2) is 0 Å². The van der Waals surface area contributed by atoms with Gasteiger partial charge in [0, 0.05) is 0 Å². The third kappa shape index (κ3) is 1.78. The van der Waals surface area contributed by atoms with Gasteiger partial charge < -0.3 is 9.47 Å². The molecule has 2 nitrogen and oxygen atoms in total. The normalized spacial score (nSPS) is 45.8. The predicted molar refractivity (Wildman–Crippen MR) is 78.4 cm³/mol. The van der Waals surface area contributed by atoms with E-state index in [4.69, 9.17) is 9.47 Å². The second-order valence-corrected chi connectivity index (χ2v) is 7.39. The third-order valence-corrected chi connectivity index (χ3v) is 6.11. The van der Waals surface area contributed by atoms with Crippen molar-refractivity contribution < 1.29 is 9.47 Å². The van der Waals surface area contributed by atoms with Crippen molar-refractivity contribution in [1.82, 2.24) is 0 Å². The van der Waals surface area contributed by atoms with Crippen LogP contribution in [0.4, 0.5) is 0 Å². The van der Waals surface area contributed by atoms with Crippen LogP contribution >= 0.6 is 0 Å². The van der Waals surface area contributed by atoms with E-state index < -0.39 is 0 Å². The van der Waals surface area contributed by atoms with Crippen LogP contribution in [-0.4, -0.2) is 17.8 Å². The molecule has 1 aromatic carbocycles. The van der Waals surface area contributed by atoms with Crippen LogP contribution in [0, 0.1) is 11.3 Å². The zero-order valence-electron chi connectivity index (χ0n) is 12.5. The SMILES string of the molecule is CC12CC3CCC(O1)C3(C)CC2OCc1ccccc1. The Morgan fingerprint density at radius 3 is 2.70 bits per heavy atom. The summed E-state index contributed by atoms with van der Waals surface area (Å²) in [5, 5.41) is 0. The highest BCUT2D eigenvalue weighted by molar-refractivity contribution is 5.15. The van der Waals surface area contributed by atoms with Crippen LogP contribution in [0.1, 0.15) is 45.1 Å². The maximum atomic E-state index is 6.44. The molecule has 0 N–H and O–H groups in total. The van der Waals surface area contributed by atoms with Crippen molar-refractivity contribution in [3.05, 3.63) is 35.9 Å². The van der Waals surface area contributed by atoms with Gasteiger partial charge in [0.1, 0.15) is 0 Å². The fourth-order valence-electron chi connectivity index (χ4n) is 4.79. The first kappa shape index (κ1) is 12.8. The van der Waals surface area contributed by atoms with Gasteiger partial charge in [-0.3, -0.25) is 0 Å². The first-order valence-electron chi connectivity index (χ1n) is 7.93. The summed E-state index contributed by atoms with van der Waals surface area (Å²) in [5.41, 5.74) is 1.56. The molecule has 0 radical (unpaired) electrons. The van der Waals surface area contributed by atoms with E-state index in [9.17, 15) is 0 Å². The average molecular weight is 272 g/mol. The van der Waals surface area contributed by atoms with Gasteiger partial charge in [0.05, 0.1) is 24.4 Å². The van der Waals surface area contributed by atoms with E-state index >= 15 is 0 Å². The summed E-state index contributed by atoms with van der Waals surface area (Å²) in [6, 6.07) is 10.5. The van der Waals surface area contributed by atoms with Gasteiger partial charge in [-0.1, -0.05) is 37.3 Å². The van der Waals surface area contributed by atoms with Crippen LogP contribution in [-0.2, 0) is 16.1 Å². The standard InChI is InChI=1S/C18H24O2/c1-17-11-16(19-12-13-6-4-3-5-7-13)18(2)10-14(17)8-9-15(17)20-18/h3-7,14-16H,8-12H2,1-2H3. The average Bonchev–Trinajstić information content (AvgIpc) is 2.64. The van der Waals surface area contributed by atoms with Crippen LogP contribution in [0.15, 0.2) is 30.3 Å². The second kappa shape index (κ2) is 4.32. The van der Waals surface area contributed by atoms with Gasteiger partial charge in [-0.05, 0) is 49.5 Å². The van der Waals surface area contributed by atoms with Crippen LogP contribution in [0.2, 0.25) is 0 Å². The molecule has 5 rings (SSSR count). The number of fused-ring (bicyclic) bond motifs is 1. The van der Waals surface area contributed by atoms with Crippen molar-refractivity contribution >= 4 is 0 Å². The molecule has 4 aliphatic rings. The van der Waals surface area contributed by atoms with Crippen molar-refractivity contribution in [2.45, 2.75) is 63.9 Å². The Bertz CT molecular complexity index is 481. The van der Waals surface area contributed by atoms with E-state index in [-0.39, 0.29) is 11.7 Å². The van der Waals surface area contributed by atoms with E-state index in [0.29, 0.717) is 18.1 Å². The quantitative estimate of drug-likeness (QED) is 0.829. The number of hydrogen-bond donors (Lipinski definition) is 0. The van der Waals surface area contributed by atoms with Crippen LogP contribution in [0.5, 0.6) is 0 Å². The van der Waals surface area contributed by atoms with Crippen LogP contribution < -0.4 is 0 Å². The Morgan fingerprint density at radius 1 is 1.15 bits per heavy atom. The van der Waals surface area contributed by atoms with Gasteiger partial charge in [0.2, 0.25) is 0 Å². The van der Waals surface area contributed by atoms with Gasteiger partial charge in [-0.2, -0.15) is 0 Å². The molecule has 2 saturated heterocycles. The summed E-state index contributed by atoms with van der Waals surface area (Å²) in [7, 11) is 0. The lowest BCUT2D eigenvalue weighted by atomic mass is 9.60. The molecular weight excluding hydrogens is 248 g/mol. The minimum absolute atomic E-state index is 0.0572. The molecule has 0 amide bonds. The smallest absolute Gasteiger partial charge is 0.0922 e. The number of rotatable bonds is 3. The Kier molecular flexibility index (Phi) is 2.77. The van der Waals surface area contributed by atoms with Crippen molar-refractivity contribution in [1.29, 1.82) is 0 Å². The minimum Gasteiger partial charge on any atom is -0.371 e. The highest BCUT2D eigenvalue weighted by atomic mass is 16.6. The Labute approximate surface area is 121 Å². The zero-order valence-corrected chi connectivity index (χ0v) is 12.5. The summed E-state index contributed by atoms with van der Waals surface area (Å²) in [4.78, 5) is 0. The van der Waals surface area contributed by atoms with Crippen molar-refractivity contribution in [3.63, 3.8) is 0 Å². The molecule has 2 aliphatic heterocycles. The largest absolute Gasteiger partial charge is 0.371 e. The topological polar surface area (TPSA) is 18.5 Å². The molecule has 4 fully saturated rings. The van der Waals surface area contributed by atoms with Crippen LogP contribution in [0.3, 0.4) is 0 Å². The van der Waals surface area contributed by atoms with Gasteiger partial charge >= 0.3 is 0 Å². The molecule has 5 unspecified atom stereocenters. The van der Waals surface area contributed by atoms with E-state index in [2.05, 4.69) is 44.2 Å². The highest BCUT2D eigenvalue weighted by Crippen LogP contribution is 2.62. The first-order chi connectivity index (χ1) is 9.60. The van der Waals surface area contributed by atoms with Crippen molar-refractivity contribution in [2.24, 2.45) is 11.3 Å². The summed E-state index contributed by atoms with van der Waals surface area (Å²) in [6.45, 7) is 5.40. The molecule has 1 aromatic rings. The molecule has 2 saturated carbocycles. The van der Waals surface area contributed by atoms with E-state index in [1.54, 1.807) is 0 Å². The van der Waals surface area contributed by atoms with Gasteiger partial charge in [-0.15, -0.1) is 0 Å². The summed E-state index contributed by atoms with van der Waals surface area (Å²) in [5.74, 6) is 0.850. The van der Waals surface area contributed by atoms with Crippen molar-refractivity contribution in [2.75, 3.05) is 0 Å². The number of hydrogen-bond acceptors (Lipinski definition) is 2. The molecule has 2 heteroatoms. The molecule has 4 bridgehead atoms. The lowest BCUT2D eigenvalue weighted by Crippen LogP contribution is -2.63. The Hall–Kier alpha value is -0.860. The van der Waals surface area contributed by atoms with Gasteiger partial charge in [0.15, 0.2) is 0 Å². The van der Waals surface area contributed by atoms with E-state index in [1.165, 1.54) is 31.2 Å². The molecular formula is C18H24O2. The summed E-state index contributed by atoms with van der Waals surface area (Å²) < 4.78 is 12.7. The lowest BCUT2D eigenvalue weighted by molar-refractivity contribution is -0.280. The highest BCUT2D eigenvalue weighted by Gasteiger charge is 2.63. The zero-order chi connectivity index (χ0) is 13.8. The first-order valence-corrected chi connectivity index (χ1v) is 7.93. The Morgan fingerprint density at radius 2 is 1.95 bits per heavy atom. The van der Waals surface area contributed by atoms with Crippen LogP contribution in [0.25, 0.3) is 0 Å². The van der Waals surface area contributed by atoms with Gasteiger partial charge in [0.25, 0.3) is 0 Å². The molecule has 0 spiro atoms. The maximum Gasteiger partial charge on any atom is 0.0922 e. The fraction of sp³-hybridized carbons (Fsp3) is 0.667. The monoisotopic (exact) mass is 272 g/mol. The molecule has 0 aromatic heterocycles. The lowest BCUT2D eigenvalue weighted by Gasteiger charge is -2.58. The second-order valence-electron chi connectivity index (χ2n) is 7.39. The fourth-order valence-corrected chi connectivity index (χ4v) is 4.79. The predicted octanol–water partition coefficient (Wildman–Crippen LogP) is 3.94. The Balaban J connectivity index is 1.50.